The lowest BCUT2D eigenvalue weighted by Gasteiger charge is -2.39. The van der Waals surface area contributed by atoms with Crippen LogP contribution < -0.4 is 0 Å². The minimum Gasteiger partial charge on any atom is -0.455 e. The second-order valence-electron chi connectivity index (χ2n) is 14.7. The molecule has 12 rings (SSSR count). The molecule has 0 bridgehead atoms. The molecule has 2 aromatic heterocycles. The molecule has 1 aliphatic heterocycles. The average molecular weight is 746 g/mol. The molecule has 0 radical (unpaired) electrons. The van der Waals surface area contributed by atoms with E-state index >= 15 is 0 Å². The molecule has 0 amide bonds. The first-order valence-electron chi connectivity index (χ1n) is 19.2. The van der Waals surface area contributed by atoms with Crippen LogP contribution in [-0.4, -0.2) is 15.0 Å². The molecule has 0 unspecified atom stereocenters. The van der Waals surface area contributed by atoms with Gasteiger partial charge in [0.15, 0.2) is 17.5 Å². The number of furan rings is 1. The van der Waals surface area contributed by atoms with Gasteiger partial charge >= 0.3 is 0 Å². The standard InChI is InChI=1S/C52H31N3OS/c1-3-14-32(15-4-1)33-26-28-35(29-27-33)50-53-49(34-16-5-2-6-17-34)54-51(55-50)39-20-13-24-44-46(39)38-30-31-43-48(47(38)56-44)57-45-25-12-11-23-42(45)52(43)40-21-9-7-18-36(40)37-19-8-10-22-41(37)52/h1-31H. The lowest BCUT2D eigenvalue weighted by molar-refractivity contribution is 0.649. The van der Waals surface area contributed by atoms with Crippen LogP contribution in [0.2, 0.25) is 0 Å². The van der Waals surface area contributed by atoms with Crippen molar-refractivity contribution in [3.8, 4) is 56.4 Å². The zero-order valence-corrected chi connectivity index (χ0v) is 31.4. The van der Waals surface area contributed by atoms with Crippen LogP contribution in [0.25, 0.3) is 78.4 Å². The molecule has 0 N–H and O–H groups in total. The van der Waals surface area contributed by atoms with E-state index in [4.69, 9.17) is 19.4 Å². The zero-order valence-electron chi connectivity index (χ0n) is 30.6. The van der Waals surface area contributed by atoms with E-state index < -0.39 is 5.41 Å². The van der Waals surface area contributed by atoms with Crippen LogP contribution in [0.3, 0.4) is 0 Å². The Kier molecular flexibility index (Phi) is 7.04. The predicted octanol–water partition coefficient (Wildman–Crippen LogP) is 13.3. The Morgan fingerprint density at radius 1 is 0.386 bits per heavy atom. The fraction of sp³-hybridized carbons (Fsp3) is 0.0192. The Labute approximate surface area is 333 Å². The number of rotatable bonds is 4. The second-order valence-corrected chi connectivity index (χ2v) is 15.7. The van der Waals surface area contributed by atoms with Gasteiger partial charge in [-0.15, -0.1) is 0 Å². The monoisotopic (exact) mass is 745 g/mol. The molecule has 0 atom stereocenters. The highest BCUT2D eigenvalue weighted by Crippen LogP contribution is 2.63. The minimum atomic E-state index is -0.482. The highest BCUT2D eigenvalue weighted by atomic mass is 32.2. The van der Waals surface area contributed by atoms with Gasteiger partial charge in [0.1, 0.15) is 11.2 Å². The predicted molar refractivity (Wildman–Crippen MR) is 230 cm³/mol. The lowest BCUT2D eigenvalue weighted by Crippen LogP contribution is -2.31. The molecule has 8 aromatic carbocycles. The molecule has 4 nitrogen and oxygen atoms in total. The first-order chi connectivity index (χ1) is 28.3. The Morgan fingerprint density at radius 3 is 1.61 bits per heavy atom. The summed E-state index contributed by atoms with van der Waals surface area (Å²) in [4.78, 5) is 17.8. The Balaban J connectivity index is 1.08. The number of aromatic nitrogens is 3. The minimum absolute atomic E-state index is 0.482. The van der Waals surface area contributed by atoms with E-state index in [1.54, 1.807) is 11.8 Å². The van der Waals surface area contributed by atoms with Crippen LogP contribution >= 0.6 is 11.8 Å². The molecule has 0 fully saturated rings. The summed E-state index contributed by atoms with van der Waals surface area (Å²) in [5.74, 6) is 1.84. The van der Waals surface area contributed by atoms with Gasteiger partial charge in [-0.25, -0.2) is 15.0 Å². The third-order valence-corrected chi connectivity index (χ3v) is 12.8. The SMILES string of the molecule is c1ccc(-c2ccc(-c3nc(-c4ccccc4)nc(-c4cccc5oc6c7c(ccc6c45)C4(c5ccccc5S7)c5ccccc5-c5ccccc54)n3)cc2)cc1. The third kappa shape index (κ3) is 4.73. The topological polar surface area (TPSA) is 51.8 Å². The second kappa shape index (κ2) is 12.5. The highest BCUT2D eigenvalue weighted by Gasteiger charge is 2.50. The molecule has 57 heavy (non-hydrogen) atoms. The molecule has 2 aliphatic rings. The van der Waals surface area contributed by atoms with E-state index in [1.165, 1.54) is 43.8 Å². The van der Waals surface area contributed by atoms with Crippen LogP contribution in [0.15, 0.2) is 202 Å². The van der Waals surface area contributed by atoms with Gasteiger partial charge in [0.05, 0.1) is 10.3 Å². The molecule has 10 aromatic rings. The lowest BCUT2D eigenvalue weighted by atomic mass is 9.67. The molecule has 1 aliphatic carbocycles. The van der Waals surface area contributed by atoms with E-state index in [9.17, 15) is 0 Å². The van der Waals surface area contributed by atoms with Crippen LogP contribution in [0.4, 0.5) is 0 Å². The van der Waals surface area contributed by atoms with Crippen molar-refractivity contribution in [1.82, 2.24) is 15.0 Å². The molecular formula is C52H31N3OS. The van der Waals surface area contributed by atoms with Crippen molar-refractivity contribution < 1.29 is 4.42 Å². The Bertz CT molecular complexity index is 3160. The molecule has 266 valence electrons. The highest BCUT2D eigenvalue weighted by molar-refractivity contribution is 7.99. The first kappa shape index (κ1) is 32.2. The summed E-state index contributed by atoms with van der Waals surface area (Å²) < 4.78 is 7.00. The van der Waals surface area contributed by atoms with Crippen molar-refractivity contribution in [2.24, 2.45) is 0 Å². The molecule has 0 saturated carbocycles. The Morgan fingerprint density at radius 2 is 0.912 bits per heavy atom. The van der Waals surface area contributed by atoms with Crippen LogP contribution in [0.5, 0.6) is 0 Å². The number of fused-ring (bicyclic) bond motifs is 13. The zero-order chi connectivity index (χ0) is 37.5. The number of hydrogen-bond acceptors (Lipinski definition) is 5. The van der Waals surface area contributed by atoms with Gasteiger partial charge in [-0.1, -0.05) is 188 Å². The maximum absolute atomic E-state index is 7.00. The van der Waals surface area contributed by atoms with Crippen LogP contribution in [-0.2, 0) is 5.41 Å². The van der Waals surface area contributed by atoms with E-state index in [0.717, 1.165) is 49.1 Å². The van der Waals surface area contributed by atoms with Crippen molar-refractivity contribution in [2.75, 3.05) is 0 Å². The molecule has 1 spiro atoms. The van der Waals surface area contributed by atoms with E-state index in [1.807, 2.05) is 42.5 Å². The molecule has 3 heterocycles. The van der Waals surface area contributed by atoms with Gasteiger partial charge < -0.3 is 4.42 Å². The quantitative estimate of drug-likeness (QED) is 0.180. The average Bonchev–Trinajstić information content (AvgIpc) is 3.82. The van der Waals surface area contributed by atoms with Gasteiger partial charge in [0.25, 0.3) is 0 Å². The van der Waals surface area contributed by atoms with Crippen molar-refractivity contribution in [3.63, 3.8) is 0 Å². The van der Waals surface area contributed by atoms with Crippen molar-refractivity contribution in [2.45, 2.75) is 15.2 Å². The summed E-state index contributed by atoms with van der Waals surface area (Å²) in [6, 6.07) is 66.5. The third-order valence-electron chi connectivity index (χ3n) is 11.6. The van der Waals surface area contributed by atoms with Crippen molar-refractivity contribution >= 4 is 33.7 Å². The van der Waals surface area contributed by atoms with E-state index in [2.05, 4.69) is 146 Å². The maximum Gasteiger partial charge on any atom is 0.164 e. The van der Waals surface area contributed by atoms with Gasteiger partial charge in [0.2, 0.25) is 0 Å². The summed E-state index contributed by atoms with van der Waals surface area (Å²) in [6.07, 6.45) is 0. The van der Waals surface area contributed by atoms with E-state index in [0.29, 0.717) is 17.5 Å². The van der Waals surface area contributed by atoms with Crippen LogP contribution in [0, 0.1) is 0 Å². The fourth-order valence-electron chi connectivity index (χ4n) is 9.17. The molecular weight excluding hydrogens is 715 g/mol. The first-order valence-corrected chi connectivity index (χ1v) is 20.0. The Hall–Kier alpha value is -7.08. The number of benzene rings is 8. The fourth-order valence-corrected chi connectivity index (χ4v) is 10.4. The normalized spacial score (nSPS) is 13.3. The van der Waals surface area contributed by atoms with Gasteiger partial charge in [0, 0.05) is 32.4 Å². The van der Waals surface area contributed by atoms with Gasteiger partial charge in [-0.2, -0.15) is 0 Å². The summed E-state index contributed by atoms with van der Waals surface area (Å²) in [7, 11) is 0. The largest absolute Gasteiger partial charge is 0.455 e. The van der Waals surface area contributed by atoms with Gasteiger partial charge in [-0.3, -0.25) is 0 Å². The van der Waals surface area contributed by atoms with Crippen molar-refractivity contribution in [3.05, 3.63) is 210 Å². The van der Waals surface area contributed by atoms with E-state index in [-0.39, 0.29) is 0 Å². The number of hydrogen-bond donors (Lipinski definition) is 0. The molecule has 5 heteroatoms. The summed E-state index contributed by atoms with van der Waals surface area (Å²) in [5.41, 5.74) is 14.0. The maximum atomic E-state index is 7.00. The van der Waals surface area contributed by atoms with Crippen molar-refractivity contribution in [1.29, 1.82) is 0 Å². The van der Waals surface area contributed by atoms with Crippen LogP contribution in [0.1, 0.15) is 22.3 Å². The molecule has 0 saturated heterocycles. The summed E-state index contributed by atoms with van der Waals surface area (Å²) in [6.45, 7) is 0. The van der Waals surface area contributed by atoms with Gasteiger partial charge in [-0.05, 0) is 56.6 Å². The summed E-state index contributed by atoms with van der Waals surface area (Å²) in [5, 5.41) is 2.03. The smallest absolute Gasteiger partial charge is 0.164 e. The number of nitrogens with zero attached hydrogens (tertiary/aromatic N) is 3. The summed E-state index contributed by atoms with van der Waals surface area (Å²) >= 11 is 1.80.